The van der Waals surface area contributed by atoms with Gasteiger partial charge in [0, 0.05) is 55.8 Å². The van der Waals surface area contributed by atoms with Crippen LogP contribution in [0.15, 0.2) is 24.5 Å². The summed E-state index contributed by atoms with van der Waals surface area (Å²) >= 11 is 0. The van der Waals surface area contributed by atoms with Crippen LogP contribution in [-0.2, 0) is 16.1 Å². The van der Waals surface area contributed by atoms with E-state index in [1.54, 1.807) is 6.20 Å². The Morgan fingerprint density at radius 1 is 1.42 bits per heavy atom. The second kappa shape index (κ2) is 7.25. The topological polar surface area (TPSA) is 65.9 Å². The van der Waals surface area contributed by atoms with E-state index >= 15 is 0 Å². The third kappa shape index (κ3) is 3.50. The Bertz CT molecular complexity index is 634. The molecule has 3 heterocycles. The van der Waals surface area contributed by atoms with Crippen LogP contribution >= 0.6 is 0 Å². The van der Waals surface area contributed by atoms with Crippen LogP contribution in [0.3, 0.4) is 0 Å². The number of carbonyl (C=O) groups excluding carboxylic acids is 1. The number of pyridine rings is 1. The highest BCUT2D eigenvalue weighted by Crippen LogP contribution is 2.44. The first-order chi connectivity index (χ1) is 12.6. The largest absolute Gasteiger partial charge is 0.393 e. The van der Waals surface area contributed by atoms with E-state index in [-0.39, 0.29) is 23.3 Å². The van der Waals surface area contributed by atoms with Crippen molar-refractivity contribution < 1.29 is 14.6 Å². The Labute approximate surface area is 155 Å². The van der Waals surface area contributed by atoms with Gasteiger partial charge in [0.1, 0.15) is 0 Å². The molecule has 1 aromatic heterocycles. The molecular weight excluding hydrogens is 330 g/mol. The minimum absolute atomic E-state index is 0.0413. The van der Waals surface area contributed by atoms with Crippen molar-refractivity contribution in [3.8, 4) is 0 Å². The Kier molecular flexibility index (Phi) is 4.99. The van der Waals surface area contributed by atoms with Crippen molar-refractivity contribution in [1.82, 2.24) is 14.8 Å². The molecule has 1 spiro atoms. The molecule has 1 saturated carbocycles. The molecule has 1 aliphatic carbocycles. The lowest BCUT2D eigenvalue weighted by atomic mass is 9.77. The fraction of sp³-hybridized carbons (Fsp3) is 0.700. The van der Waals surface area contributed by atoms with Crippen molar-refractivity contribution in [2.45, 2.75) is 32.0 Å². The number of rotatable bonds is 5. The third-order valence-electron chi connectivity index (χ3n) is 6.45. The van der Waals surface area contributed by atoms with E-state index in [0.29, 0.717) is 25.4 Å². The molecule has 2 saturated heterocycles. The van der Waals surface area contributed by atoms with E-state index < -0.39 is 0 Å². The van der Waals surface area contributed by atoms with E-state index in [1.807, 2.05) is 23.2 Å². The lowest BCUT2D eigenvalue weighted by molar-refractivity contribution is -0.141. The van der Waals surface area contributed by atoms with E-state index in [1.165, 1.54) is 0 Å². The number of ether oxygens (including phenoxy) is 1. The molecule has 1 amide bonds. The van der Waals surface area contributed by atoms with Crippen LogP contribution in [0.1, 0.15) is 24.8 Å². The van der Waals surface area contributed by atoms with E-state index in [2.05, 4.69) is 16.9 Å². The van der Waals surface area contributed by atoms with Gasteiger partial charge in [0.15, 0.2) is 0 Å². The number of hydrogen-bond acceptors (Lipinski definition) is 5. The van der Waals surface area contributed by atoms with Gasteiger partial charge >= 0.3 is 0 Å². The molecule has 1 aromatic rings. The van der Waals surface area contributed by atoms with Crippen molar-refractivity contribution in [2.24, 2.45) is 17.3 Å². The molecule has 3 aliphatic rings. The highest BCUT2D eigenvalue weighted by Gasteiger charge is 2.51. The second-order valence-electron chi connectivity index (χ2n) is 8.46. The SMILES string of the molecule is CN1C[C@H](COCc2cccnc2)[C@]2(CCN(C(=O)C3CC(O)C3)C2)C1. The predicted octanol–water partition coefficient (Wildman–Crippen LogP) is 1.15. The van der Waals surface area contributed by atoms with Crippen LogP contribution in [0.2, 0.25) is 0 Å². The monoisotopic (exact) mass is 359 g/mol. The zero-order valence-corrected chi connectivity index (χ0v) is 15.5. The average Bonchev–Trinajstić information content (AvgIpc) is 3.16. The summed E-state index contributed by atoms with van der Waals surface area (Å²) in [6, 6.07) is 3.97. The number of aliphatic hydroxyl groups is 1. The number of carbonyl (C=O) groups is 1. The Morgan fingerprint density at radius 2 is 2.27 bits per heavy atom. The van der Waals surface area contributed by atoms with Crippen molar-refractivity contribution >= 4 is 5.91 Å². The van der Waals surface area contributed by atoms with Gasteiger partial charge in [-0.3, -0.25) is 9.78 Å². The summed E-state index contributed by atoms with van der Waals surface area (Å²) < 4.78 is 6.03. The van der Waals surface area contributed by atoms with Crippen LogP contribution in [0.5, 0.6) is 0 Å². The zero-order chi connectivity index (χ0) is 18.1. The van der Waals surface area contributed by atoms with Crippen LogP contribution < -0.4 is 0 Å². The van der Waals surface area contributed by atoms with Crippen molar-refractivity contribution in [3.05, 3.63) is 30.1 Å². The van der Waals surface area contributed by atoms with E-state index in [9.17, 15) is 9.90 Å². The van der Waals surface area contributed by atoms with Crippen LogP contribution in [-0.4, -0.2) is 71.7 Å². The summed E-state index contributed by atoms with van der Waals surface area (Å²) in [5.74, 6) is 0.741. The molecule has 4 rings (SSSR count). The highest BCUT2D eigenvalue weighted by molar-refractivity contribution is 5.80. The molecule has 6 nitrogen and oxygen atoms in total. The third-order valence-corrected chi connectivity index (χ3v) is 6.45. The summed E-state index contributed by atoms with van der Waals surface area (Å²) in [7, 11) is 2.16. The second-order valence-corrected chi connectivity index (χ2v) is 8.46. The number of amides is 1. The Morgan fingerprint density at radius 3 is 3.00 bits per heavy atom. The highest BCUT2D eigenvalue weighted by atomic mass is 16.5. The predicted molar refractivity (Wildman–Crippen MR) is 97.2 cm³/mol. The minimum Gasteiger partial charge on any atom is -0.393 e. The molecule has 0 aromatic carbocycles. The molecule has 2 aliphatic heterocycles. The van der Waals surface area contributed by atoms with E-state index in [4.69, 9.17) is 4.74 Å². The summed E-state index contributed by atoms with van der Waals surface area (Å²) in [6.45, 7) is 5.06. The zero-order valence-electron chi connectivity index (χ0n) is 15.5. The van der Waals surface area contributed by atoms with Crippen LogP contribution in [0, 0.1) is 17.3 Å². The minimum atomic E-state index is -0.272. The van der Waals surface area contributed by atoms with Crippen molar-refractivity contribution in [3.63, 3.8) is 0 Å². The van der Waals surface area contributed by atoms with Crippen LogP contribution in [0.4, 0.5) is 0 Å². The van der Waals surface area contributed by atoms with Gasteiger partial charge in [-0.1, -0.05) is 6.07 Å². The number of nitrogens with zero attached hydrogens (tertiary/aromatic N) is 3. The van der Waals surface area contributed by atoms with Gasteiger partial charge in [-0.15, -0.1) is 0 Å². The quantitative estimate of drug-likeness (QED) is 0.854. The van der Waals surface area contributed by atoms with Crippen molar-refractivity contribution in [2.75, 3.05) is 39.8 Å². The molecule has 2 atom stereocenters. The molecule has 26 heavy (non-hydrogen) atoms. The summed E-state index contributed by atoms with van der Waals surface area (Å²) in [6.07, 6.45) is 5.68. The molecule has 142 valence electrons. The molecule has 3 fully saturated rings. The normalized spacial score (nSPS) is 34.4. The Hall–Kier alpha value is -1.50. The van der Waals surface area contributed by atoms with Gasteiger partial charge in [-0.05, 0) is 37.9 Å². The fourth-order valence-corrected chi connectivity index (χ4v) is 4.93. The summed E-state index contributed by atoms with van der Waals surface area (Å²) in [5, 5.41) is 9.48. The number of hydrogen-bond donors (Lipinski definition) is 1. The van der Waals surface area contributed by atoms with Gasteiger partial charge in [-0.2, -0.15) is 0 Å². The number of aliphatic hydroxyl groups excluding tert-OH is 1. The Balaban J connectivity index is 1.34. The summed E-state index contributed by atoms with van der Waals surface area (Å²) in [5.41, 5.74) is 1.25. The molecule has 0 radical (unpaired) electrons. The maximum Gasteiger partial charge on any atom is 0.225 e. The standard InChI is InChI=1S/C20H29N3O3/c1-22-10-17(12-26-11-15-3-2-5-21-9-15)20(13-22)4-6-23(14-20)19(25)16-7-18(24)8-16/h2-3,5,9,16-18,24H,4,6-8,10-14H2,1H3/t16?,17-,18?,20-/m1/s1. The molecule has 1 N–H and O–H groups in total. The first-order valence-electron chi connectivity index (χ1n) is 9.68. The maximum absolute atomic E-state index is 12.7. The van der Waals surface area contributed by atoms with Gasteiger partial charge in [-0.25, -0.2) is 0 Å². The fourth-order valence-electron chi connectivity index (χ4n) is 4.93. The summed E-state index contributed by atoms with van der Waals surface area (Å²) in [4.78, 5) is 21.2. The lowest BCUT2D eigenvalue weighted by Crippen LogP contribution is -2.44. The van der Waals surface area contributed by atoms with Gasteiger partial charge < -0.3 is 19.6 Å². The van der Waals surface area contributed by atoms with Gasteiger partial charge in [0.25, 0.3) is 0 Å². The molecular formula is C20H29N3O3. The first kappa shape index (κ1) is 17.9. The molecule has 6 heteroatoms. The smallest absolute Gasteiger partial charge is 0.225 e. The van der Waals surface area contributed by atoms with Gasteiger partial charge in [0.2, 0.25) is 5.91 Å². The average molecular weight is 359 g/mol. The molecule has 0 unspecified atom stereocenters. The van der Waals surface area contributed by atoms with Crippen molar-refractivity contribution in [1.29, 1.82) is 0 Å². The van der Waals surface area contributed by atoms with E-state index in [0.717, 1.165) is 44.8 Å². The van der Waals surface area contributed by atoms with Crippen LogP contribution in [0.25, 0.3) is 0 Å². The number of aromatic nitrogens is 1. The number of likely N-dealkylation sites (tertiary alicyclic amines) is 2. The lowest BCUT2D eigenvalue weighted by Gasteiger charge is -2.35. The van der Waals surface area contributed by atoms with Gasteiger partial charge in [0.05, 0.1) is 19.3 Å². The maximum atomic E-state index is 12.7. The molecule has 0 bridgehead atoms. The first-order valence-corrected chi connectivity index (χ1v) is 9.68.